The molecule has 6 heteroatoms. The second-order valence-corrected chi connectivity index (χ2v) is 5.81. The maximum atomic E-state index is 12.1. The van der Waals surface area contributed by atoms with Crippen molar-refractivity contribution in [1.82, 2.24) is 4.72 Å². The summed E-state index contributed by atoms with van der Waals surface area (Å²) < 4.78 is 32.2. The minimum atomic E-state index is -3.56. The van der Waals surface area contributed by atoms with Crippen LogP contribution in [-0.2, 0) is 14.8 Å². The molecule has 3 N–H and O–H groups in total. The number of nitrogen functional groups attached to an aromatic ring is 1. The molecule has 1 saturated heterocycles. The molecule has 0 saturated carbocycles. The molecule has 94 valence electrons. The van der Waals surface area contributed by atoms with E-state index < -0.39 is 10.0 Å². The highest BCUT2D eigenvalue weighted by Crippen LogP contribution is 2.20. The van der Waals surface area contributed by atoms with Crippen molar-refractivity contribution in [2.24, 2.45) is 0 Å². The zero-order valence-electron chi connectivity index (χ0n) is 9.59. The second-order valence-electron chi connectivity index (χ2n) is 4.13. The number of sulfonamides is 1. The lowest BCUT2D eigenvalue weighted by Crippen LogP contribution is -2.39. The SMILES string of the molecule is CC1OCCC1NS(=O)(=O)c1ccccc1N. The first-order chi connectivity index (χ1) is 8.00. The molecule has 2 unspecified atom stereocenters. The van der Waals surface area contributed by atoms with Crippen molar-refractivity contribution in [1.29, 1.82) is 0 Å². The minimum Gasteiger partial charge on any atom is -0.398 e. The van der Waals surface area contributed by atoms with Crippen LogP contribution in [0, 0.1) is 0 Å². The van der Waals surface area contributed by atoms with Crippen molar-refractivity contribution in [3.05, 3.63) is 24.3 Å². The van der Waals surface area contributed by atoms with E-state index in [0.29, 0.717) is 13.0 Å². The Morgan fingerprint density at radius 3 is 2.71 bits per heavy atom. The van der Waals surface area contributed by atoms with Crippen LogP contribution in [0.4, 0.5) is 5.69 Å². The summed E-state index contributed by atoms with van der Waals surface area (Å²) in [6.45, 7) is 2.44. The highest BCUT2D eigenvalue weighted by Gasteiger charge is 2.29. The summed E-state index contributed by atoms with van der Waals surface area (Å²) in [5.41, 5.74) is 5.92. The number of hydrogen-bond donors (Lipinski definition) is 2. The molecule has 2 atom stereocenters. The van der Waals surface area contributed by atoms with Gasteiger partial charge in [0, 0.05) is 6.61 Å². The van der Waals surface area contributed by atoms with Crippen LogP contribution in [0.1, 0.15) is 13.3 Å². The quantitative estimate of drug-likeness (QED) is 0.781. The summed E-state index contributed by atoms with van der Waals surface area (Å²) in [4.78, 5) is 0.124. The first-order valence-electron chi connectivity index (χ1n) is 5.49. The summed E-state index contributed by atoms with van der Waals surface area (Å²) in [5, 5.41) is 0. The molecule has 0 aliphatic carbocycles. The zero-order chi connectivity index (χ0) is 12.5. The summed E-state index contributed by atoms with van der Waals surface area (Å²) in [7, 11) is -3.56. The largest absolute Gasteiger partial charge is 0.398 e. The monoisotopic (exact) mass is 256 g/mol. The standard InChI is InChI=1S/C11H16N2O3S/c1-8-10(6-7-16-8)13-17(14,15)11-5-3-2-4-9(11)12/h2-5,8,10,13H,6-7,12H2,1H3. The van der Waals surface area contributed by atoms with Crippen LogP contribution >= 0.6 is 0 Å². The third-order valence-corrected chi connectivity index (χ3v) is 4.46. The Bertz CT molecular complexity index is 501. The lowest BCUT2D eigenvalue weighted by atomic mass is 10.2. The van der Waals surface area contributed by atoms with Crippen LogP contribution < -0.4 is 10.5 Å². The molecule has 2 rings (SSSR count). The molecule has 0 aromatic heterocycles. The minimum absolute atomic E-state index is 0.102. The van der Waals surface area contributed by atoms with Gasteiger partial charge in [-0.1, -0.05) is 12.1 Å². The number of ether oxygens (including phenoxy) is 1. The Hall–Kier alpha value is -1.11. The van der Waals surface area contributed by atoms with Gasteiger partial charge in [0.2, 0.25) is 10.0 Å². The van der Waals surface area contributed by atoms with E-state index in [0.717, 1.165) is 0 Å². The summed E-state index contributed by atoms with van der Waals surface area (Å²) in [6, 6.07) is 6.25. The van der Waals surface area contributed by atoms with Gasteiger partial charge in [-0.15, -0.1) is 0 Å². The number of anilines is 1. The van der Waals surface area contributed by atoms with Gasteiger partial charge in [-0.25, -0.2) is 13.1 Å². The van der Waals surface area contributed by atoms with Gasteiger partial charge >= 0.3 is 0 Å². The van der Waals surface area contributed by atoms with Crippen molar-refractivity contribution < 1.29 is 13.2 Å². The van der Waals surface area contributed by atoms with Crippen molar-refractivity contribution in [2.45, 2.75) is 30.4 Å². The normalized spacial score (nSPS) is 25.0. The van der Waals surface area contributed by atoms with E-state index in [4.69, 9.17) is 10.5 Å². The van der Waals surface area contributed by atoms with Gasteiger partial charge < -0.3 is 10.5 Å². The van der Waals surface area contributed by atoms with Crippen LogP contribution in [0.2, 0.25) is 0 Å². The van der Waals surface area contributed by atoms with Crippen LogP contribution in [0.15, 0.2) is 29.2 Å². The average Bonchev–Trinajstić information content (AvgIpc) is 2.64. The highest BCUT2D eigenvalue weighted by molar-refractivity contribution is 7.89. The smallest absolute Gasteiger partial charge is 0.242 e. The van der Waals surface area contributed by atoms with Crippen molar-refractivity contribution in [3.8, 4) is 0 Å². The van der Waals surface area contributed by atoms with Gasteiger partial charge in [-0.3, -0.25) is 0 Å². The van der Waals surface area contributed by atoms with Gasteiger partial charge in [0.25, 0.3) is 0 Å². The van der Waals surface area contributed by atoms with E-state index in [1.165, 1.54) is 6.07 Å². The first kappa shape index (κ1) is 12.3. The fraction of sp³-hybridized carbons (Fsp3) is 0.455. The molecule has 1 aliphatic heterocycles. The number of nitrogens with two attached hydrogens (primary N) is 1. The number of rotatable bonds is 3. The molecule has 0 amide bonds. The molecule has 1 aliphatic rings. The van der Waals surface area contributed by atoms with E-state index in [2.05, 4.69) is 4.72 Å². The zero-order valence-corrected chi connectivity index (χ0v) is 10.4. The van der Waals surface area contributed by atoms with Crippen LogP contribution in [0.25, 0.3) is 0 Å². The number of benzene rings is 1. The van der Waals surface area contributed by atoms with Crippen LogP contribution in [-0.4, -0.2) is 27.2 Å². The molecule has 0 radical (unpaired) electrons. The van der Waals surface area contributed by atoms with Crippen LogP contribution in [0.3, 0.4) is 0 Å². The maximum absolute atomic E-state index is 12.1. The van der Waals surface area contributed by atoms with E-state index in [1.807, 2.05) is 6.92 Å². The summed E-state index contributed by atoms with van der Waals surface area (Å²) in [5.74, 6) is 0. The lowest BCUT2D eigenvalue weighted by molar-refractivity contribution is 0.117. The van der Waals surface area contributed by atoms with E-state index >= 15 is 0 Å². The van der Waals surface area contributed by atoms with Gasteiger partial charge in [-0.2, -0.15) is 0 Å². The average molecular weight is 256 g/mol. The fourth-order valence-corrected chi connectivity index (χ4v) is 3.35. The van der Waals surface area contributed by atoms with Crippen molar-refractivity contribution >= 4 is 15.7 Å². The van der Waals surface area contributed by atoms with Gasteiger partial charge in [0.15, 0.2) is 0 Å². The van der Waals surface area contributed by atoms with E-state index in [1.54, 1.807) is 18.2 Å². The Balaban J connectivity index is 2.22. The molecule has 5 nitrogen and oxygen atoms in total. The predicted molar refractivity (Wildman–Crippen MR) is 65.0 cm³/mol. The third kappa shape index (κ3) is 2.59. The molecule has 0 spiro atoms. The highest BCUT2D eigenvalue weighted by atomic mass is 32.2. The maximum Gasteiger partial charge on any atom is 0.242 e. The predicted octanol–water partition coefficient (Wildman–Crippen LogP) is 0.724. The van der Waals surface area contributed by atoms with Crippen molar-refractivity contribution in [2.75, 3.05) is 12.3 Å². The Labute approximate surface area is 101 Å². The van der Waals surface area contributed by atoms with Gasteiger partial charge in [-0.05, 0) is 25.5 Å². The molecule has 17 heavy (non-hydrogen) atoms. The molecule has 0 bridgehead atoms. The van der Waals surface area contributed by atoms with Gasteiger partial charge in [0.05, 0.1) is 17.8 Å². The number of hydrogen-bond acceptors (Lipinski definition) is 4. The molecule has 1 aromatic carbocycles. The molecular weight excluding hydrogens is 240 g/mol. The molecular formula is C11H16N2O3S. The fourth-order valence-electron chi connectivity index (χ4n) is 1.87. The van der Waals surface area contributed by atoms with Crippen LogP contribution in [0.5, 0.6) is 0 Å². The Morgan fingerprint density at radius 1 is 1.41 bits per heavy atom. The summed E-state index contributed by atoms with van der Waals surface area (Å²) >= 11 is 0. The molecule has 1 aromatic rings. The Morgan fingerprint density at radius 2 is 2.12 bits per heavy atom. The van der Waals surface area contributed by atoms with E-state index in [9.17, 15) is 8.42 Å². The Kier molecular flexibility index (Phi) is 3.37. The topological polar surface area (TPSA) is 81.4 Å². The molecule has 1 fully saturated rings. The number of nitrogens with one attached hydrogen (secondary N) is 1. The first-order valence-corrected chi connectivity index (χ1v) is 6.97. The number of para-hydroxylation sites is 1. The lowest BCUT2D eigenvalue weighted by Gasteiger charge is -2.16. The third-order valence-electron chi connectivity index (χ3n) is 2.89. The van der Waals surface area contributed by atoms with Crippen molar-refractivity contribution in [3.63, 3.8) is 0 Å². The molecule has 1 heterocycles. The van der Waals surface area contributed by atoms with E-state index in [-0.39, 0.29) is 22.7 Å². The second kappa shape index (κ2) is 4.64. The van der Waals surface area contributed by atoms with Gasteiger partial charge in [0.1, 0.15) is 4.90 Å². The summed E-state index contributed by atoms with van der Waals surface area (Å²) in [6.07, 6.45) is 0.586.